The first-order valence-electron chi connectivity index (χ1n) is 8.39. The Kier molecular flexibility index (Phi) is 7.62. The number of hydrogen-bond donors (Lipinski definition) is 4. The van der Waals surface area contributed by atoms with Crippen LogP contribution in [0, 0.1) is 0 Å². The van der Waals surface area contributed by atoms with Gasteiger partial charge in [-0.25, -0.2) is 4.79 Å². The second-order valence-corrected chi connectivity index (χ2v) is 6.94. The van der Waals surface area contributed by atoms with Crippen LogP contribution in [-0.4, -0.2) is 47.6 Å². The molecule has 0 bridgehead atoms. The number of ether oxygens (including phenoxy) is 1. The Morgan fingerprint density at radius 1 is 1.30 bits per heavy atom. The zero-order valence-corrected chi connectivity index (χ0v) is 15.6. The summed E-state index contributed by atoms with van der Waals surface area (Å²) in [5.41, 5.74) is 5.62. The van der Waals surface area contributed by atoms with Crippen molar-refractivity contribution in [2.24, 2.45) is 5.73 Å². The molecule has 1 aromatic carbocycles. The predicted octanol–water partition coefficient (Wildman–Crippen LogP) is 0.172. The smallest absolute Gasteiger partial charge is 0.338 e. The number of nitrogens with one attached hydrogen (secondary N) is 3. The van der Waals surface area contributed by atoms with E-state index < -0.39 is 17.4 Å². The fourth-order valence-electron chi connectivity index (χ4n) is 2.47. The number of benzene rings is 1. The summed E-state index contributed by atoms with van der Waals surface area (Å²) in [6.07, 6.45) is 0.225. The average Bonchev–Trinajstić information content (AvgIpc) is 2.60. The van der Waals surface area contributed by atoms with Crippen LogP contribution in [0.3, 0.4) is 0 Å². The second-order valence-electron chi connectivity index (χ2n) is 5.84. The van der Waals surface area contributed by atoms with Crippen LogP contribution in [0.4, 0.5) is 5.69 Å². The number of nitrogens with two attached hydrogens (primary N) is 1. The number of hydrogen-bond acceptors (Lipinski definition) is 7. The highest BCUT2D eigenvalue weighted by Crippen LogP contribution is 2.15. The number of thioether (sulfide) groups is 1. The van der Waals surface area contributed by atoms with Gasteiger partial charge in [0.15, 0.2) is 0 Å². The van der Waals surface area contributed by atoms with E-state index in [-0.39, 0.29) is 36.5 Å². The van der Waals surface area contributed by atoms with Crippen LogP contribution in [-0.2, 0) is 19.1 Å². The quantitative estimate of drug-likeness (QED) is 0.461. The third kappa shape index (κ3) is 6.91. The molecule has 1 heterocycles. The van der Waals surface area contributed by atoms with E-state index in [4.69, 9.17) is 10.5 Å². The molecule has 2 atom stereocenters. The molecule has 27 heavy (non-hydrogen) atoms. The van der Waals surface area contributed by atoms with Gasteiger partial charge in [-0.15, -0.1) is 11.8 Å². The minimum Gasteiger partial charge on any atom is -0.462 e. The maximum absolute atomic E-state index is 12.1. The fraction of sp³-hybridized carbons (Fsp3) is 0.412. The molecule has 0 saturated carbocycles. The van der Waals surface area contributed by atoms with Crippen molar-refractivity contribution in [3.05, 3.63) is 29.8 Å². The molecule has 2 rings (SSSR count). The Bertz CT molecular complexity index is 708. The topological polar surface area (TPSA) is 140 Å². The van der Waals surface area contributed by atoms with E-state index in [0.29, 0.717) is 17.9 Å². The molecule has 2 unspecified atom stereocenters. The highest BCUT2D eigenvalue weighted by Gasteiger charge is 2.27. The summed E-state index contributed by atoms with van der Waals surface area (Å²) in [5.74, 6) is -1.30. The number of primary amides is 1. The van der Waals surface area contributed by atoms with Gasteiger partial charge >= 0.3 is 5.97 Å². The summed E-state index contributed by atoms with van der Waals surface area (Å²) in [5, 5.41) is 8.47. The number of esters is 1. The summed E-state index contributed by atoms with van der Waals surface area (Å²) in [6, 6.07) is 6.01. The molecule has 0 aromatic heterocycles. The van der Waals surface area contributed by atoms with E-state index >= 15 is 0 Å². The normalized spacial score (nSPS) is 19.1. The van der Waals surface area contributed by atoms with Gasteiger partial charge < -0.3 is 21.1 Å². The lowest BCUT2D eigenvalue weighted by atomic mass is 10.1. The van der Waals surface area contributed by atoms with Crippen LogP contribution >= 0.6 is 11.8 Å². The summed E-state index contributed by atoms with van der Waals surface area (Å²) >= 11 is 1.19. The van der Waals surface area contributed by atoms with E-state index in [1.165, 1.54) is 11.8 Å². The van der Waals surface area contributed by atoms with E-state index in [9.17, 15) is 19.2 Å². The van der Waals surface area contributed by atoms with Crippen molar-refractivity contribution in [3.63, 3.8) is 0 Å². The maximum atomic E-state index is 12.1. The van der Waals surface area contributed by atoms with E-state index in [2.05, 4.69) is 16.0 Å². The highest BCUT2D eigenvalue weighted by atomic mass is 32.2. The minimum absolute atomic E-state index is 0.0590. The molecule has 1 fully saturated rings. The lowest BCUT2D eigenvalue weighted by molar-refractivity contribution is -0.124. The number of rotatable bonds is 8. The van der Waals surface area contributed by atoms with Gasteiger partial charge in [0.05, 0.1) is 17.9 Å². The summed E-state index contributed by atoms with van der Waals surface area (Å²) in [6.45, 7) is 2.02. The first-order chi connectivity index (χ1) is 12.9. The molecule has 1 saturated heterocycles. The molecule has 0 spiro atoms. The van der Waals surface area contributed by atoms with Crippen molar-refractivity contribution in [1.29, 1.82) is 0 Å². The molecule has 3 amide bonds. The van der Waals surface area contributed by atoms with Gasteiger partial charge in [-0.1, -0.05) is 0 Å². The van der Waals surface area contributed by atoms with Gasteiger partial charge in [-0.2, -0.15) is 0 Å². The van der Waals surface area contributed by atoms with Gasteiger partial charge in [0.25, 0.3) is 0 Å². The van der Waals surface area contributed by atoms with Crippen molar-refractivity contribution < 1.29 is 23.9 Å². The van der Waals surface area contributed by atoms with Crippen LogP contribution in [0.25, 0.3) is 0 Å². The zero-order valence-electron chi connectivity index (χ0n) is 14.8. The molecule has 1 aliphatic rings. The van der Waals surface area contributed by atoms with Crippen molar-refractivity contribution >= 4 is 41.1 Å². The summed E-state index contributed by atoms with van der Waals surface area (Å²) in [4.78, 5) is 46.4. The summed E-state index contributed by atoms with van der Waals surface area (Å²) in [7, 11) is 0. The van der Waals surface area contributed by atoms with Crippen LogP contribution in [0.15, 0.2) is 24.3 Å². The Morgan fingerprint density at radius 2 is 2.00 bits per heavy atom. The summed E-state index contributed by atoms with van der Waals surface area (Å²) < 4.78 is 4.90. The molecule has 5 N–H and O–H groups in total. The van der Waals surface area contributed by atoms with Gasteiger partial charge in [0.2, 0.25) is 17.7 Å². The molecule has 1 aliphatic heterocycles. The van der Waals surface area contributed by atoms with E-state index in [1.807, 2.05) is 0 Å². The molecule has 0 aliphatic carbocycles. The van der Waals surface area contributed by atoms with Gasteiger partial charge in [-0.3, -0.25) is 19.7 Å². The van der Waals surface area contributed by atoms with Crippen molar-refractivity contribution in [3.8, 4) is 0 Å². The molecule has 9 nitrogen and oxygen atoms in total. The minimum atomic E-state index is -0.491. The van der Waals surface area contributed by atoms with Crippen LogP contribution in [0.1, 0.15) is 30.1 Å². The third-order valence-electron chi connectivity index (χ3n) is 3.62. The SMILES string of the molecule is CCOC(=O)c1ccc(NC(=O)CSC2NC(=O)CC(CC(N)=O)N2)cc1. The van der Waals surface area contributed by atoms with Crippen LogP contribution < -0.4 is 21.7 Å². The van der Waals surface area contributed by atoms with Gasteiger partial charge in [0.1, 0.15) is 5.50 Å². The molecule has 146 valence electrons. The van der Waals surface area contributed by atoms with Gasteiger partial charge in [-0.05, 0) is 31.2 Å². The van der Waals surface area contributed by atoms with E-state index in [0.717, 1.165) is 0 Å². The lowest BCUT2D eigenvalue weighted by Crippen LogP contribution is -2.55. The Hall–Kier alpha value is -2.59. The second kappa shape index (κ2) is 9.93. The van der Waals surface area contributed by atoms with Crippen molar-refractivity contribution in [1.82, 2.24) is 10.6 Å². The largest absolute Gasteiger partial charge is 0.462 e. The van der Waals surface area contributed by atoms with E-state index in [1.54, 1.807) is 31.2 Å². The number of amides is 3. The molecular formula is C17H22N4O5S. The first kappa shape index (κ1) is 20.7. The number of carbonyl (C=O) groups excluding carboxylic acids is 4. The standard InChI is InChI=1S/C17H22N4O5S/c1-2-26-16(25)10-3-5-11(6-4-10)19-15(24)9-27-17-20-12(7-13(18)22)8-14(23)21-17/h3-6,12,17,20H,2,7-9H2,1H3,(H2,18,22)(H,19,24)(H,21,23). The number of carbonyl (C=O) groups is 4. The average molecular weight is 394 g/mol. The number of anilines is 1. The molecule has 10 heteroatoms. The molecule has 0 radical (unpaired) electrons. The van der Waals surface area contributed by atoms with Gasteiger partial charge in [0, 0.05) is 24.6 Å². The van der Waals surface area contributed by atoms with Crippen LogP contribution in [0.5, 0.6) is 0 Å². The third-order valence-corrected chi connectivity index (χ3v) is 4.64. The molecular weight excluding hydrogens is 372 g/mol. The monoisotopic (exact) mass is 394 g/mol. The zero-order chi connectivity index (χ0) is 19.8. The Labute approximate surface area is 160 Å². The highest BCUT2D eigenvalue weighted by molar-refractivity contribution is 8.00. The van der Waals surface area contributed by atoms with Crippen molar-refractivity contribution in [2.75, 3.05) is 17.7 Å². The first-order valence-corrected chi connectivity index (χ1v) is 9.44. The van der Waals surface area contributed by atoms with Crippen molar-refractivity contribution in [2.45, 2.75) is 31.3 Å². The Morgan fingerprint density at radius 3 is 2.63 bits per heavy atom. The maximum Gasteiger partial charge on any atom is 0.338 e. The Balaban J connectivity index is 1.80. The predicted molar refractivity (Wildman–Crippen MR) is 101 cm³/mol. The fourth-order valence-corrected chi connectivity index (χ4v) is 3.36. The van der Waals surface area contributed by atoms with Crippen LogP contribution in [0.2, 0.25) is 0 Å². The molecule has 1 aromatic rings. The lowest BCUT2D eigenvalue weighted by Gasteiger charge is -2.30.